The average molecular weight is 364 g/mol. The number of rotatable bonds is 5. The molecule has 0 atom stereocenters. The van der Waals surface area contributed by atoms with Crippen molar-refractivity contribution >= 4 is 16.9 Å². The van der Waals surface area contributed by atoms with Gasteiger partial charge >= 0.3 is 0 Å². The molecule has 0 amide bonds. The van der Waals surface area contributed by atoms with Gasteiger partial charge in [-0.2, -0.15) is 0 Å². The van der Waals surface area contributed by atoms with Crippen molar-refractivity contribution in [2.24, 2.45) is 0 Å². The zero-order chi connectivity index (χ0) is 18.1. The minimum Gasteiger partial charge on any atom is -0.368 e. The molecule has 5 nitrogen and oxygen atoms in total. The summed E-state index contributed by atoms with van der Waals surface area (Å²) in [4.78, 5) is 12.6. The number of pyridine rings is 1. The fourth-order valence-electron chi connectivity index (χ4n) is 4.54. The lowest BCUT2D eigenvalue weighted by Gasteiger charge is -2.37. The smallest absolute Gasteiger partial charge is 0.142 e. The fraction of sp³-hybridized carbons (Fsp3) is 0.500. The van der Waals surface area contributed by atoms with Crippen LogP contribution in [0.5, 0.6) is 0 Å². The normalized spacial score (nSPS) is 20.8. The Kier molecular flexibility index (Phi) is 4.62. The van der Waals surface area contributed by atoms with Crippen molar-refractivity contribution in [3.05, 3.63) is 48.3 Å². The SMILES string of the molecule is C1=CC(N2CCN(c3ccc4ccn(CCN5CCCC5)c4n3)CC2)=CC1. The number of hydrogen-bond acceptors (Lipinski definition) is 4. The van der Waals surface area contributed by atoms with E-state index in [0.717, 1.165) is 57.2 Å². The second-order valence-corrected chi connectivity index (χ2v) is 7.88. The van der Waals surface area contributed by atoms with E-state index >= 15 is 0 Å². The van der Waals surface area contributed by atoms with Crippen LogP contribution in [0.4, 0.5) is 5.82 Å². The molecule has 0 radical (unpaired) electrons. The van der Waals surface area contributed by atoms with Crippen LogP contribution in [0.25, 0.3) is 11.0 Å². The van der Waals surface area contributed by atoms with Gasteiger partial charge in [-0.05, 0) is 56.6 Å². The highest BCUT2D eigenvalue weighted by atomic mass is 15.3. The lowest BCUT2D eigenvalue weighted by molar-refractivity contribution is 0.324. The number of anilines is 1. The summed E-state index contributed by atoms with van der Waals surface area (Å²) in [6, 6.07) is 6.63. The van der Waals surface area contributed by atoms with E-state index in [1.165, 1.54) is 37.0 Å². The molecule has 2 aliphatic heterocycles. The van der Waals surface area contributed by atoms with Crippen LogP contribution < -0.4 is 4.90 Å². The van der Waals surface area contributed by atoms with Gasteiger partial charge in [0.15, 0.2) is 0 Å². The summed E-state index contributed by atoms with van der Waals surface area (Å²) in [6.45, 7) is 8.92. The third-order valence-corrected chi connectivity index (χ3v) is 6.17. The lowest BCUT2D eigenvalue weighted by Crippen LogP contribution is -2.45. The third kappa shape index (κ3) is 3.48. The first-order valence-corrected chi connectivity index (χ1v) is 10.4. The van der Waals surface area contributed by atoms with Gasteiger partial charge in [0.2, 0.25) is 0 Å². The average Bonchev–Trinajstić information content (AvgIpc) is 3.48. The number of hydrogen-bond donors (Lipinski definition) is 0. The summed E-state index contributed by atoms with van der Waals surface area (Å²) in [5.74, 6) is 1.12. The number of aromatic nitrogens is 2. The van der Waals surface area contributed by atoms with Crippen LogP contribution >= 0.6 is 0 Å². The molecule has 27 heavy (non-hydrogen) atoms. The highest BCUT2D eigenvalue weighted by molar-refractivity contribution is 5.78. The lowest BCUT2D eigenvalue weighted by atomic mass is 10.2. The van der Waals surface area contributed by atoms with E-state index in [1.807, 2.05) is 0 Å². The monoisotopic (exact) mass is 363 g/mol. The zero-order valence-corrected chi connectivity index (χ0v) is 16.1. The molecule has 5 heteroatoms. The van der Waals surface area contributed by atoms with Gasteiger partial charge in [0.05, 0.1) is 0 Å². The van der Waals surface area contributed by atoms with Gasteiger partial charge in [-0.1, -0.05) is 12.2 Å². The molecule has 2 aromatic rings. The first kappa shape index (κ1) is 16.9. The van der Waals surface area contributed by atoms with Crippen molar-refractivity contribution in [1.29, 1.82) is 0 Å². The van der Waals surface area contributed by atoms with Crippen molar-refractivity contribution in [2.45, 2.75) is 25.8 Å². The molecule has 5 rings (SSSR count). The van der Waals surface area contributed by atoms with E-state index in [-0.39, 0.29) is 0 Å². The fourth-order valence-corrected chi connectivity index (χ4v) is 4.54. The number of allylic oxidation sites excluding steroid dienone is 3. The minimum atomic E-state index is 1.04. The van der Waals surface area contributed by atoms with E-state index in [4.69, 9.17) is 4.98 Å². The maximum absolute atomic E-state index is 5.05. The quantitative estimate of drug-likeness (QED) is 0.816. The maximum Gasteiger partial charge on any atom is 0.142 e. The van der Waals surface area contributed by atoms with E-state index < -0.39 is 0 Å². The molecule has 2 aromatic heterocycles. The molecule has 1 aliphatic carbocycles. The first-order chi connectivity index (χ1) is 13.4. The van der Waals surface area contributed by atoms with Gasteiger partial charge in [-0.3, -0.25) is 0 Å². The van der Waals surface area contributed by atoms with Crippen molar-refractivity contribution in [1.82, 2.24) is 19.4 Å². The second kappa shape index (κ2) is 7.39. The summed E-state index contributed by atoms with van der Waals surface area (Å²) in [5.41, 5.74) is 2.53. The third-order valence-electron chi connectivity index (χ3n) is 6.17. The molecule has 2 saturated heterocycles. The van der Waals surface area contributed by atoms with Gasteiger partial charge in [0.25, 0.3) is 0 Å². The molecule has 2 fully saturated rings. The molecule has 0 N–H and O–H groups in total. The summed E-state index contributed by atoms with van der Waals surface area (Å²) in [5, 5.41) is 1.25. The molecule has 0 bridgehead atoms. The molecule has 0 spiro atoms. The molecule has 4 heterocycles. The molecule has 0 saturated carbocycles. The van der Waals surface area contributed by atoms with E-state index in [2.05, 4.69) is 61.9 Å². The Morgan fingerprint density at radius 1 is 0.852 bits per heavy atom. The Hall–Kier alpha value is -2.27. The van der Waals surface area contributed by atoms with Crippen LogP contribution in [0, 0.1) is 0 Å². The highest BCUT2D eigenvalue weighted by Crippen LogP contribution is 2.23. The van der Waals surface area contributed by atoms with Crippen molar-refractivity contribution < 1.29 is 0 Å². The summed E-state index contributed by atoms with van der Waals surface area (Å²) in [6.07, 6.45) is 12.8. The van der Waals surface area contributed by atoms with Crippen LogP contribution in [-0.2, 0) is 6.54 Å². The van der Waals surface area contributed by atoms with Crippen molar-refractivity contribution in [2.75, 3.05) is 50.7 Å². The highest BCUT2D eigenvalue weighted by Gasteiger charge is 2.20. The molecule has 142 valence electrons. The second-order valence-electron chi connectivity index (χ2n) is 7.88. The van der Waals surface area contributed by atoms with Gasteiger partial charge in [-0.25, -0.2) is 4.98 Å². The van der Waals surface area contributed by atoms with Gasteiger partial charge in [-0.15, -0.1) is 0 Å². The van der Waals surface area contributed by atoms with Crippen molar-refractivity contribution in [3.63, 3.8) is 0 Å². The Bertz CT molecular complexity index is 851. The summed E-state index contributed by atoms with van der Waals surface area (Å²) >= 11 is 0. The molecular formula is C22H29N5. The van der Waals surface area contributed by atoms with E-state index in [0.29, 0.717) is 0 Å². The zero-order valence-electron chi connectivity index (χ0n) is 16.1. The molecular weight excluding hydrogens is 334 g/mol. The molecule has 0 aromatic carbocycles. The Morgan fingerprint density at radius 2 is 1.67 bits per heavy atom. The van der Waals surface area contributed by atoms with E-state index in [1.54, 1.807) is 0 Å². The van der Waals surface area contributed by atoms with Crippen LogP contribution in [0.3, 0.4) is 0 Å². The van der Waals surface area contributed by atoms with E-state index in [9.17, 15) is 0 Å². The van der Waals surface area contributed by atoms with Crippen LogP contribution in [0.15, 0.2) is 48.3 Å². The standard InChI is InChI=1S/C22H29N5/c1-2-6-20(5-1)25-15-17-26(18-16-25)21-8-7-19-9-12-27(22(19)23-21)14-13-24-10-3-4-11-24/h1,5-9,12H,2-4,10-11,13-18H2. The Balaban J connectivity index is 1.28. The summed E-state index contributed by atoms with van der Waals surface area (Å²) in [7, 11) is 0. The topological polar surface area (TPSA) is 27.5 Å². The minimum absolute atomic E-state index is 1.04. The van der Waals surface area contributed by atoms with Crippen LogP contribution in [0.1, 0.15) is 19.3 Å². The number of fused-ring (bicyclic) bond motifs is 1. The number of likely N-dealkylation sites (tertiary alicyclic amines) is 1. The first-order valence-electron chi connectivity index (χ1n) is 10.4. The van der Waals surface area contributed by atoms with Gasteiger partial charge < -0.3 is 19.3 Å². The van der Waals surface area contributed by atoms with Gasteiger partial charge in [0.1, 0.15) is 11.5 Å². The van der Waals surface area contributed by atoms with Crippen LogP contribution in [-0.4, -0.2) is 65.2 Å². The predicted octanol–water partition coefficient (Wildman–Crippen LogP) is 3.10. The Labute approximate surface area is 161 Å². The maximum atomic E-state index is 5.05. The largest absolute Gasteiger partial charge is 0.368 e. The van der Waals surface area contributed by atoms with Crippen molar-refractivity contribution in [3.8, 4) is 0 Å². The Morgan fingerprint density at radius 3 is 2.44 bits per heavy atom. The predicted molar refractivity (Wildman–Crippen MR) is 111 cm³/mol. The van der Waals surface area contributed by atoms with Crippen LogP contribution in [0.2, 0.25) is 0 Å². The van der Waals surface area contributed by atoms with Gasteiger partial charge in [0, 0.05) is 56.5 Å². The summed E-state index contributed by atoms with van der Waals surface area (Å²) < 4.78 is 2.33. The molecule has 3 aliphatic rings. The number of piperazine rings is 1. The molecule has 0 unspecified atom stereocenters. The number of nitrogens with zero attached hydrogens (tertiary/aromatic N) is 5.